The number of piperazine rings is 1. The van der Waals surface area contributed by atoms with Gasteiger partial charge in [-0.3, -0.25) is 4.79 Å². The maximum atomic E-state index is 11.7. The van der Waals surface area contributed by atoms with E-state index in [0.717, 1.165) is 28.6 Å². The number of nitrogens with zero attached hydrogens (tertiary/aromatic N) is 3. The molecule has 2 aliphatic rings. The van der Waals surface area contributed by atoms with Crippen LogP contribution in [0.3, 0.4) is 0 Å². The maximum absolute atomic E-state index is 11.7. The standard InChI is InChI=1S/C20H17N3O2/c1-2-19(24)22-11-13-23(14-12-22)20-15-7-3-5-9-17(15)25-18-10-6-4-8-16(18)21-20/h1,3-10H,11-14H2. The molecule has 25 heavy (non-hydrogen) atoms. The zero-order valence-corrected chi connectivity index (χ0v) is 13.7. The third-order valence-corrected chi connectivity index (χ3v) is 4.43. The van der Waals surface area contributed by atoms with Crippen LogP contribution in [-0.2, 0) is 4.79 Å². The van der Waals surface area contributed by atoms with Crippen molar-refractivity contribution in [1.82, 2.24) is 9.80 Å². The van der Waals surface area contributed by atoms with Gasteiger partial charge >= 0.3 is 0 Å². The number of hydrogen-bond acceptors (Lipinski definition) is 4. The van der Waals surface area contributed by atoms with Crippen LogP contribution in [-0.4, -0.2) is 47.7 Å². The third kappa shape index (κ3) is 2.83. The van der Waals surface area contributed by atoms with Crippen LogP contribution in [0.25, 0.3) is 0 Å². The molecular weight excluding hydrogens is 314 g/mol. The zero-order chi connectivity index (χ0) is 17.2. The highest BCUT2D eigenvalue weighted by Crippen LogP contribution is 2.37. The van der Waals surface area contributed by atoms with Gasteiger partial charge in [-0.2, -0.15) is 0 Å². The van der Waals surface area contributed by atoms with Gasteiger partial charge < -0.3 is 14.5 Å². The van der Waals surface area contributed by atoms with Crippen molar-refractivity contribution in [3.05, 3.63) is 54.1 Å². The number of aliphatic imine (C=N–C) groups is 1. The predicted octanol–water partition coefficient (Wildman–Crippen LogP) is 2.65. The number of ether oxygens (including phenoxy) is 1. The van der Waals surface area contributed by atoms with Crippen molar-refractivity contribution in [2.75, 3.05) is 26.2 Å². The molecule has 0 N–H and O–H groups in total. The largest absolute Gasteiger partial charge is 0.454 e. The van der Waals surface area contributed by atoms with Crippen LogP contribution in [0.2, 0.25) is 0 Å². The Morgan fingerprint density at radius 1 is 1.00 bits per heavy atom. The molecule has 4 rings (SSSR count). The molecule has 1 amide bonds. The molecule has 2 aliphatic heterocycles. The minimum atomic E-state index is -0.253. The van der Waals surface area contributed by atoms with Crippen molar-refractivity contribution in [1.29, 1.82) is 0 Å². The summed E-state index contributed by atoms with van der Waals surface area (Å²) in [4.78, 5) is 20.4. The number of carbonyl (C=O) groups excluding carboxylic acids is 1. The van der Waals surface area contributed by atoms with E-state index in [2.05, 4.69) is 10.8 Å². The summed E-state index contributed by atoms with van der Waals surface area (Å²) in [6.07, 6.45) is 5.22. The summed E-state index contributed by atoms with van der Waals surface area (Å²) in [5.41, 5.74) is 1.76. The molecule has 0 spiro atoms. The normalized spacial score (nSPS) is 15.9. The molecule has 2 aromatic carbocycles. The van der Waals surface area contributed by atoms with Crippen LogP contribution >= 0.6 is 0 Å². The highest BCUT2D eigenvalue weighted by atomic mass is 16.5. The number of amides is 1. The van der Waals surface area contributed by atoms with Gasteiger partial charge in [0.05, 0.1) is 5.56 Å². The van der Waals surface area contributed by atoms with E-state index < -0.39 is 0 Å². The van der Waals surface area contributed by atoms with Gasteiger partial charge in [-0.05, 0) is 30.2 Å². The van der Waals surface area contributed by atoms with Crippen molar-refractivity contribution in [2.45, 2.75) is 0 Å². The fraction of sp³-hybridized carbons (Fsp3) is 0.200. The average molecular weight is 331 g/mol. The molecule has 0 aliphatic carbocycles. The lowest BCUT2D eigenvalue weighted by Crippen LogP contribution is -2.50. The lowest BCUT2D eigenvalue weighted by Gasteiger charge is -2.35. The van der Waals surface area contributed by atoms with Gasteiger partial charge in [-0.25, -0.2) is 4.99 Å². The molecule has 0 atom stereocenters. The number of rotatable bonds is 0. The first-order chi connectivity index (χ1) is 12.3. The Morgan fingerprint density at radius 3 is 2.44 bits per heavy atom. The molecule has 2 aromatic rings. The molecule has 0 unspecified atom stereocenters. The van der Waals surface area contributed by atoms with Gasteiger partial charge in [-0.1, -0.05) is 24.3 Å². The molecule has 124 valence electrons. The molecule has 0 saturated carbocycles. The van der Waals surface area contributed by atoms with E-state index in [4.69, 9.17) is 16.2 Å². The van der Waals surface area contributed by atoms with Gasteiger partial charge in [-0.15, -0.1) is 6.42 Å². The number of terminal acetylenes is 1. The molecule has 1 saturated heterocycles. The van der Waals surface area contributed by atoms with Gasteiger partial charge in [0, 0.05) is 26.2 Å². The second-order valence-electron chi connectivity index (χ2n) is 5.92. The summed E-state index contributed by atoms with van der Waals surface area (Å²) < 4.78 is 6.07. The molecule has 5 nitrogen and oxygen atoms in total. The molecule has 0 bridgehead atoms. The molecule has 0 aromatic heterocycles. The van der Waals surface area contributed by atoms with E-state index in [1.807, 2.05) is 48.5 Å². The Kier molecular flexibility index (Phi) is 3.87. The number of benzene rings is 2. The molecular formula is C20H17N3O2. The van der Waals surface area contributed by atoms with Crippen molar-refractivity contribution >= 4 is 17.4 Å². The van der Waals surface area contributed by atoms with E-state index in [9.17, 15) is 4.79 Å². The number of amidine groups is 1. The summed E-state index contributed by atoms with van der Waals surface area (Å²) >= 11 is 0. The molecule has 0 radical (unpaired) electrons. The molecule has 1 fully saturated rings. The van der Waals surface area contributed by atoms with Gasteiger partial charge in [0.25, 0.3) is 5.91 Å². The Balaban J connectivity index is 1.70. The lowest BCUT2D eigenvalue weighted by molar-refractivity contribution is -0.126. The first kappa shape index (κ1) is 15.3. The lowest BCUT2D eigenvalue weighted by atomic mass is 10.1. The monoisotopic (exact) mass is 331 g/mol. The molecule has 2 heterocycles. The van der Waals surface area contributed by atoms with E-state index in [1.54, 1.807) is 4.90 Å². The van der Waals surface area contributed by atoms with Crippen LogP contribution < -0.4 is 4.74 Å². The average Bonchev–Trinajstić information content (AvgIpc) is 2.84. The summed E-state index contributed by atoms with van der Waals surface area (Å²) in [5.74, 6) is 4.33. The fourth-order valence-corrected chi connectivity index (χ4v) is 3.12. The Hall–Kier alpha value is -3.26. The van der Waals surface area contributed by atoms with E-state index in [-0.39, 0.29) is 5.91 Å². The molecule has 5 heteroatoms. The first-order valence-electron chi connectivity index (χ1n) is 8.22. The Labute approximate surface area is 146 Å². The highest BCUT2D eigenvalue weighted by Gasteiger charge is 2.26. The topological polar surface area (TPSA) is 45.1 Å². The fourth-order valence-electron chi connectivity index (χ4n) is 3.12. The van der Waals surface area contributed by atoms with E-state index in [1.165, 1.54) is 0 Å². The quantitative estimate of drug-likeness (QED) is 0.697. The highest BCUT2D eigenvalue weighted by molar-refractivity contribution is 6.04. The summed E-state index contributed by atoms with van der Waals surface area (Å²) in [6, 6.07) is 15.6. The van der Waals surface area contributed by atoms with Crippen molar-refractivity contribution < 1.29 is 9.53 Å². The van der Waals surface area contributed by atoms with Crippen LogP contribution in [0.15, 0.2) is 53.5 Å². The zero-order valence-electron chi connectivity index (χ0n) is 13.7. The van der Waals surface area contributed by atoms with Crippen LogP contribution in [0, 0.1) is 12.3 Å². The minimum Gasteiger partial charge on any atom is -0.454 e. The SMILES string of the molecule is C#CC(=O)N1CCN(C2=Nc3ccccc3Oc3ccccc32)CC1. The number of carbonyl (C=O) groups is 1. The summed E-state index contributed by atoms with van der Waals surface area (Å²) in [6.45, 7) is 2.55. The van der Waals surface area contributed by atoms with Gasteiger partial charge in [0.2, 0.25) is 0 Å². The van der Waals surface area contributed by atoms with Crippen LogP contribution in [0.4, 0.5) is 5.69 Å². The van der Waals surface area contributed by atoms with E-state index >= 15 is 0 Å². The summed E-state index contributed by atoms with van der Waals surface area (Å²) in [5, 5.41) is 0. The second kappa shape index (κ2) is 6.33. The van der Waals surface area contributed by atoms with Gasteiger partial charge in [0.1, 0.15) is 17.3 Å². The maximum Gasteiger partial charge on any atom is 0.298 e. The van der Waals surface area contributed by atoms with Crippen LogP contribution in [0.1, 0.15) is 5.56 Å². The number of para-hydroxylation sites is 3. The third-order valence-electron chi connectivity index (χ3n) is 4.43. The smallest absolute Gasteiger partial charge is 0.298 e. The van der Waals surface area contributed by atoms with Crippen molar-refractivity contribution in [3.63, 3.8) is 0 Å². The second-order valence-corrected chi connectivity index (χ2v) is 5.92. The van der Waals surface area contributed by atoms with Crippen LogP contribution in [0.5, 0.6) is 11.5 Å². The predicted molar refractivity (Wildman–Crippen MR) is 96.1 cm³/mol. The van der Waals surface area contributed by atoms with Crippen molar-refractivity contribution in [3.8, 4) is 23.8 Å². The summed E-state index contributed by atoms with van der Waals surface area (Å²) in [7, 11) is 0. The number of fused-ring (bicyclic) bond motifs is 2. The van der Waals surface area contributed by atoms with Gasteiger partial charge in [0.15, 0.2) is 5.75 Å². The Bertz CT molecular complexity index is 890. The minimum absolute atomic E-state index is 0.253. The number of hydrogen-bond donors (Lipinski definition) is 0. The van der Waals surface area contributed by atoms with E-state index in [0.29, 0.717) is 26.2 Å². The Morgan fingerprint density at radius 2 is 1.68 bits per heavy atom. The van der Waals surface area contributed by atoms with Crippen molar-refractivity contribution in [2.24, 2.45) is 4.99 Å². The first-order valence-corrected chi connectivity index (χ1v) is 8.22.